The molecular weight excluding hydrogens is 909 g/mol. The average molecular weight is 1040 g/mol. The number of nitrogens with zero attached hydrogens (tertiary/aromatic N) is 2. The van der Waals surface area contributed by atoms with Crippen LogP contribution in [-0.4, -0.2) is 74.2 Å². The molecule has 0 bridgehead atoms. The molecule has 0 radical (unpaired) electrons. The largest absolute Gasteiger partial charge is 0.464 e. The van der Waals surface area contributed by atoms with Gasteiger partial charge in [-0.2, -0.15) is 0 Å². The van der Waals surface area contributed by atoms with Crippen LogP contribution >= 0.6 is 0 Å². The first kappa shape index (κ1) is 71.8. The Labute approximate surface area is 463 Å². The van der Waals surface area contributed by atoms with Crippen molar-refractivity contribution in [1.29, 1.82) is 0 Å². The Balaban J connectivity index is 4.65. The number of esters is 2. The third-order valence-electron chi connectivity index (χ3n) is 14.9. The van der Waals surface area contributed by atoms with Crippen LogP contribution in [0.25, 0.3) is 0 Å². The van der Waals surface area contributed by atoms with Crippen molar-refractivity contribution < 1.29 is 19.1 Å². The normalized spacial score (nSPS) is 12.1. The van der Waals surface area contributed by atoms with Crippen molar-refractivity contribution in [1.82, 2.24) is 9.80 Å². The van der Waals surface area contributed by atoms with E-state index in [1.807, 2.05) is 0 Å². The average Bonchev–Trinajstić information content (AvgIpc) is 3.40. The van der Waals surface area contributed by atoms with Crippen molar-refractivity contribution in [2.75, 3.05) is 52.5 Å². The fraction of sp³-hybridized carbons (Fsp3) is 0.853. The molecule has 0 rings (SSSR count). The quantitative estimate of drug-likeness (QED) is 0.0344. The number of allylic oxidation sites excluding steroid dienone is 8. The van der Waals surface area contributed by atoms with Gasteiger partial charge in [0.2, 0.25) is 0 Å². The predicted molar refractivity (Wildman–Crippen MR) is 326 cm³/mol. The molecule has 0 aliphatic heterocycles. The third-order valence-corrected chi connectivity index (χ3v) is 14.9. The summed E-state index contributed by atoms with van der Waals surface area (Å²) in [7, 11) is 0. The predicted octanol–water partition coefficient (Wildman–Crippen LogP) is 20.9. The standard InChI is InChI=1S/C68H128N2O4/c1-5-9-13-17-21-25-29-31-33-35-37-39-43-47-51-55-61-69(59-53-49-45-41-27-23-19-15-11-7-3)63-65-73-67(71)57-58-68(72)74-66-64-70(60-54-50-46-42-28-24-20-16-12-8-4)62-56-52-48-44-40-38-36-34-32-30-26-22-18-14-10-6-2/h21-22,25-26,31-34H,5-20,23-24,27-30,35-66H2,1-4H3/b25-21-,26-22-,33-31-,34-32-. The van der Waals surface area contributed by atoms with Crippen molar-refractivity contribution in [3.05, 3.63) is 48.6 Å². The summed E-state index contributed by atoms with van der Waals surface area (Å²) < 4.78 is 11.4. The van der Waals surface area contributed by atoms with Crippen LogP contribution in [-0.2, 0) is 19.1 Å². The summed E-state index contributed by atoms with van der Waals surface area (Å²) in [6.07, 6.45) is 76.1. The molecule has 6 nitrogen and oxygen atoms in total. The van der Waals surface area contributed by atoms with E-state index >= 15 is 0 Å². The minimum absolute atomic E-state index is 0.0956. The molecule has 0 aromatic rings. The van der Waals surface area contributed by atoms with Gasteiger partial charge < -0.3 is 9.47 Å². The van der Waals surface area contributed by atoms with Gasteiger partial charge in [-0.1, -0.05) is 269 Å². The van der Waals surface area contributed by atoms with E-state index in [4.69, 9.17) is 9.47 Å². The monoisotopic (exact) mass is 1040 g/mol. The first-order valence-corrected chi connectivity index (χ1v) is 32.9. The van der Waals surface area contributed by atoms with E-state index in [0.717, 1.165) is 52.1 Å². The summed E-state index contributed by atoms with van der Waals surface area (Å²) in [4.78, 5) is 30.6. The van der Waals surface area contributed by atoms with E-state index in [-0.39, 0.29) is 24.8 Å². The SMILES string of the molecule is CCCCC/C=C\C/C=C\CCCCCCCCN(CCCCCCCCCCCC)CCOC(=O)CCC(=O)OCCN(CCCCCCCC/C=C\C/C=C\CCCCC)CCCCCCCCCCCC. The van der Waals surface area contributed by atoms with Gasteiger partial charge in [0, 0.05) is 13.1 Å². The number of carbonyl (C=O) groups excluding carboxylic acids is 2. The van der Waals surface area contributed by atoms with E-state index in [1.54, 1.807) is 0 Å². The van der Waals surface area contributed by atoms with Crippen LogP contribution in [0.5, 0.6) is 0 Å². The zero-order chi connectivity index (χ0) is 53.6. The molecule has 0 unspecified atom stereocenters. The Bertz CT molecular complexity index is 1150. The summed E-state index contributed by atoms with van der Waals surface area (Å²) in [6, 6.07) is 0. The van der Waals surface area contributed by atoms with Gasteiger partial charge >= 0.3 is 11.9 Å². The van der Waals surface area contributed by atoms with Gasteiger partial charge in [0.1, 0.15) is 13.2 Å². The number of hydrogen-bond acceptors (Lipinski definition) is 6. The van der Waals surface area contributed by atoms with Crippen LogP contribution in [0.15, 0.2) is 48.6 Å². The first-order chi connectivity index (χ1) is 36.6. The number of unbranched alkanes of at least 4 members (excludes halogenated alkanes) is 36. The summed E-state index contributed by atoms with van der Waals surface area (Å²) in [5.41, 5.74) is 0. The fourth-order valence-electron chi connectivity index (χ4n) is 9.89. The summed E-state index contributed by atoms with van der Waals surface area (Å²) in [5, 5.41) is 0. The Kier molecular flexibility index (Phi) is 61.5. The first-order valence-electron chi connectivity index (χ1n) is 32.9. The molecule has 0 amide bonds. The second kappa shape index (κ2) is 63.4. The van der Waals surface area contributed by atoms with Crippen LogP contribution in [0.4, 0.5) is 0 Å². The topological polar surface area (TPSA) is 59.1 Å². The molecule has 0 N–H and O–H groups in total. The smallest absolute Gasteiger partial charge is 0.306 e. The van der Waals surface area contributed by atoms with Gasteiger partial charge in [-0.15, -0.1) is 0 Å². The molecule has 0 saturated heterocycles. The molecule has 0 aliphatic rings. The van der Waals surface area contributed by atoms with Gasteiger partial charge in [0.15, 0.2) is 0 Å². The van der Waals surface area contributed by atoms with Crippen LogP contribution in [0.3, 0.4) is 0 Å². The maximum Gasteiger partial charge on any atom is 0.306 e. The lowest BCUT2D eigenvalue weighted by Crippen LogP contribution is -2.31. The van der Waals surface area contributed by atoms with Crippen LogP contribution in [0, 0.1) is 0 Å². The number of rotatable bonds is 61. The van der Waals surface area contributed by atoms with Crippen LogP contribution in [0.1, 0.15) is 323 Å². The lowest BCUT2D eigenvalue weighted by atomic mass is 10.1. The summed E-state index contributed by atoms with van der Waals surface area (Å²) >= 11 is 0. The third kappa shape index (κ3) is 59.1. The van der Waals surface area contributed by atoms with E-state index < -0.39 is 0 Å². The molecule has 74 heavy (non-hydrogen) atoms. The lowest BCUT2D eigenvalue weighted by Gasteiger charge is -2.22. The van der Waals surface area contributed by atoms with Crippen molar-refractivity contribution in [3.63, 3.8) is 0 Å². The van der Waals surface area contributed by atoms with E-state index in [9.17, 15) is 9.59 Å². The minimum atomic E-state index is -0.283. The van der Waals surface area contributed by atoms with Crippen LogP contribution in [0.2, 0.25) is 0 Å². The van der Waals surface area contributed by atoms with Crippen molar-refractivity contribution in [2.45, 2.75) is 323 Å². The molecular formula is C68H128N2O4. The Hall–Kier alpha value is -2.18. The highest BCUT2D eigenvalue weighted by molar-refractivity contribution is 5.77. The molecule has 0 atom stereocenters. The molecule has 434 valence electrons. The zero-order valence-electron chi connectivity index (χ0n) is 50.3. The molecule has 0 saturated carbocycles. The highest BCUT2D eigenvalue weighted by atomic mass is 16.5. The maximum atomic E-state index is 12.8. The fourth-order valence-corrected chi connectivity index (χ4v) is 9.89. The highest BCUT2D eigenvalue weighted by Gasteiger charge is 2.13. The van der Waals surface area contributed by atoms with Crippen molar-refractivity contribution in [2.24, 2.45) is 0 Å². The molecule has 0 aliphatic carbocycles. The Morgan fingerprint density at radius 2 is 0.486 bits per heavy atom. The van der Waals surface area contributed by atoms with E-state index in [2.05, 4.69) is 86.1 Å². The summed E-state index contributed by atoms with van der Waals surface area (Å²) in [5.74, 6) is -0.566. The van der Waals surface area contributed by atoms with Gasteiger partial charge in [-0.05, 0) is 116 Å². The highest BCUT2D eigenvalue weighted by Crippen LogP contribution is 2.15. The van der Waals surface area contributed by atoms with Gasteiger partial charge in [-0.25, -0.2) is 0 Å². The maximum absolute atomic E-state index is 12.8. The second-order valence-electron chi connectivity index (χ2n) is 22.2. The van der Waals surface area contributed by atoms with Crippen LogP contribution < -0.4 is 0 Å². The zero-order valence-corrected chi connectivity index (χ0v) is 50.3. The van der Waals surface area contributed by atoms with E-state index in [0.29, 0.717) is 13.2 Å². The number of hydrogen-bond donors (Lipinski definition) is 0. The van der Waals surface area contributed by atoms with Crippen molar-refractivity contribution >= 4 is 11.9 Å². The number of carbonyl (C=O) groups is 2. The molecule has 0 aromatic carbocycles. The van der Waals surface area contributed by atoms with Gasteiger partial charge in [-0.3, -0.25) is 19.4 Å². The molecule has 0 fully saturated rings. The number of ether oxygens (including phenoxy) is 2. The second-order valence-corrected chi connectivity index (χ2v) is 22.2. The Morgan fingerprint density at radius 3 is 0.757 bits per heavy atom. The van der Waals surface area contributed by atoms with Crippen molar-refractivity contribution in [3.8, 4) is 0 Å². The minimum Gasteiger partial charge on any atom is -0.464 e. The summed E-state index contributed by atoms with van der Waals surface area (Å²) in [6.45, 7) is 15.8. The molecule has 0 heterocycles. The molecule has 0 spiro atoms. The lowest BCUT2D eigenvalue weighted by molar-refractivity contribution is -0.150. The van der Waals surface area contributed by atoms with Gasteiger partial charge in [0.25, 0.3) is 0 Å². The Morgan fingerprint density at radius 1 is 0.270 bits per heavy atom. The van der Waals surface area contributed by atoms with E-state index in [1.165, 1.54) is 270 Å². The van der Waals surface area contributed by atoms with Gasteiger partial charge in [0.05, 0.1) is 12.8 Å². The molecule has 0 aromatic heterocycles. The molecule has 6 heteroatoms.